The third kappa shape index (κ3) is 2.35. The fourth-order valence-electron chi connectivity index (χ4n) is 1.81. The van der Waals surface area contributed by atoms with Crippen LogP contribution in [0.1, 0.15) is 6.42 Å². The van der Waals surface area contributed by atoms with Crippen molar-refractivity contribution in [3.05, 3.63) is 22.7 Å². The van der Waals surface area contributed by atoms with E-state index in [1.807, 2.05) is 0 Å². The number of imidazole rings is 1. The molecule has 98 valence electrons. The van der Waals surface area contributed by atoms with Crippen molar-refractivity contribution in [1.82, 2.24) is 14.5 Å². The average molecular weight is 253 g/mol. The zero-order chi connectivity index (χ0) is 13.1. The van der Waals surface area contributed by atoms with Crippen molar-refractivity contribution < 1.29 is 9.50 Å². The number of aliphatic hydroxyl groups is 1. The number of alkyl halides is 1. The lowest BCUT2D eigenvalue weighted by Crippen LogP contribution is -2.13. The molecule has 0 bridgehead atoms. The summed E-state index contributed by atoms with van der Waals surface area (Å²) >= 11 is 0. The first-order valence-electron chi connectivity index (χ1n) is 5.66. The average Bonchev–Trinajstić information content (AvgIpc) is 2.74. The van der Waals surface area contributed by atoms with E-state index < -0.39 is 6.67 Å². The number of rotatable bonds is 5. The lowest BCUT2D eigenvalue weighted by Gasteiger charge is -2.10. The lowest BCUT2D eigenvalue weighted by atomic mass is 10.1. The molecule has 0 aliphatic carbocycles. The van der Waals surface area contributed by atoms with Crippen molar-refractivity contribution in [2.24, 2.45) is 5.92 Å². The van der Waals surface area contributed by atoms with E-state index >= 15 is 0 Å². The van der Waals surface area contributed by atoms with Crippen LogP contribution < -0.4 is 11.3 Å². The predicted octanol–water partition coefficient (Wildman–Crippen LogP) is 0.275. The molecular weight excluding hydrogens is 238 g/mol. The maximum absolute atomic E-state index is 12.5. The number of halogens is 1. The third-order valence-electron chi connectivity index (χ3n) is 2.90. The van der Waals surface area contributed by atoms with Crippen LogP contribution in [0, 0.1) is 5.92 Å². The third-order valence-corrected chi connectivity index (χ3v) is 2.90. The number of nitrogens with one attached hydrogen (secondary N) is 1. The first-order valence-corrected chi connectivity index (χ1v) is 5.66. The van der Waals surface area contributed by atoms with Gasteiger partial charge in [-0.2, -0.15) is 0 Å². The monoisotopic (exact) mass is 253 g/mol. The van der Waals surface area contributed by atoms with Crippen molar-refractivity contribution >= 4 is 16.9 Å². The lowest BCUT2D eigenvalue weighted by molar-refractivity contribution is 0.185. The summed E-state index contributed by atoms with van der Waals surface area (Å²) in [6, 6.07) is 1.62. The molecule has 0 saturated heterocycles. The van der Waals surface area contributed by atoms with E-state index in [9.17, 15) is 9.18 Å². The van der Waals surface area contributed by atoms with Gasteiger partial charge in [-0.1, -0.05) is 0 Å². The fraction of sp³-hybridized carbons (Fsp3) is 0.455. The maximum atomic E-state index is 12.5. The smallest absolute Gasteiger partial charge is 0.277 e. The SMILES string of the molecule is Nc1cc2c(ncn2CCC(CO)C[18F])c(=O)[nH]1. The number of H-pyrrole nitrogens is 1. The largest absolute Gasteiger partial charge is 0.396 e. The van der Waals surface area contributed by atoms with Crippen LogP contribution in [-0.2, 0) is 6.54 Å². The minimum atomic E-state index is -0.564. The quantitative estimate of drug-likeness (QED) is 0.712. The molecule has 0 amide bonds. The van der Waals surface area contributed by atoms with Gasteiger partial charge in [0.15, 0.2) is 5.52 Å². The Morgan fingerprint density at radius 2 is 2.39 bits per heavy atom. The summed E-state index contributed by atoms with van der Waals surface area (Å²) in [5, 5.41) is 8.92. The van der Waals surface area contributed by atoms with Gasteiger partial charge in [0.25, 0.3) is 5.56 Å². The molecule has 2 aromatic rings. The molecule has 18 heavy (non-hydrogen) atoms. The molecule has 0 radical (unpaired) electrons. The molecule has 0 spiro atoms. The van der Waals surface area contributed by atoms with Crippen LogP contribution in [0.25, 0.3) is 11.0 Å². The highest BCUT2D eigenvalue weighted by Gasteiger charge is 2.10. The number of nitrogens with zero attached hydrogens (tertiary/aromatic N) is 2. The maximum Gasteiger partial charge on any atom is 0.277 e. The molecule has 2 heterocycles. The molecular formula is C11H15FN4O2. The van der Waals surface area contributed by atoms with E-state index in [0.717, 1.165) is 0 Å². The summed E-state index contributed by atoms with van der Waals surface area (Å²) < 4.78 is 14.2. The van der Waals surface area contributed by atoms with Gasteiger partial charge < -0.3 is 20.4 Å². The summed E-state index contributed by atoms with van der Waals surface area (Å²) in [6.07, 6.45) is 2.00. The molecule has 1 unspecified atom stereocenters. The van der Waals surface area contributed by atoms with Gasteiger partial charge in [-0.15, -0.1) is 0 Å². The molecule has 0 aliphatic heterocycles. The van der Waals surface area contributed by atoms with Crippen molar-refractivity contribution in [3.63, 3.8) is 0 Å². The van der Waals surface area contributed by atoms with Crippen LogP contribution in [-0.4, -0.2) is 32.9 Å². The molecule has 2 rings (SSSR count). The molecule has 0 aromatic carbocycles. The van der Waals surface area contributed by atoms with E-state index in [1.54, 1.807) is 10.6 Å². The second kappa shape index (κ2) is 5.18. The van der Waals surface area contributed by atoms with E-state index in [0.29, 0.717) is 24.0 Å². The Kier molecular flexibility index (Phi) is 3.61. The van der Waals surface area contributed by atoms with Gasteiger partial charge in [-0.25, -0.2) is 4.98 Å². The second-order valence-electron chi connectivity index (χ2n) is 4.22. The van der Waals surface area contributed by atoms with E-state index in [1.165, 1.54) is 6.33 Å². The summed E-state index contributed by atoms with van der Waals surface area (Å²) in [5.74, 6) is -0.125. The van der Waals surface area contributed by atoms with E-state index in [2.05, 4.69) is 9.97 Å². The van der Waals surface area contributed by atoms with E-state index in [-0.39, 0.29) is 23.9 Å². The molecule has 0 fully saturated rings. The summed E-state index contributed by atoms with van der Waals surface area (Å²) in [7, 11) is 0. The first-order chi connectivity index (χ1) is 8.65. The van der Waals surface area contributed by atoms with Gasteiger partial charge in [0.1, 0.15) is 5.82 Å². The van der Waals surface area contributed by atoms with Crippen LogP contribution in [0.4, 0.5) is 10.2 Å². The Balaban J connectivity index is 2.27. The highest BCUT2D eigenvalue weighted by Crippen LogP contribution is 2.13. The van der Waals surface area contributed by atoms with Gasteiger partial charge in [0, 0.05) is 25.1 Å². The topological polar surface area (TPSA) is 96.9 Å². The number of pyridine rings is 1. The van der Waals surface area contributed by atoms with Crippen LogP contribution >= 0.6 is 0 Å². The van der Waals surface area contributed by atoms with Crippen LogP contribution in [0.3, 0.4) is 0 Å². The highest BCUT2D eigenvalue weighted by atomic mass is 18.2. The Labute approximate surface area is 102 Å². The highest BCUT2D eigenvalue weighted by molar-refractivity contribution is 5.76. The molecule has 0 saturated carbocycles. The number of aryl methyl sites for hydroxylation is 1. The first kappa shape index (κ1) is 12.6. The number of fused-ring (bicyclic) bond motifs is 1. The van der Waals surface area contributed by atoms with Gasteiger partial charge in [0.05, 0.1) is 18.5 Å². The molecule has 4 N–H and O–H groups in total. The second-order valence-corrected chi connectivity index (χ2v) is 4.22. The predicted molar refractivity (Wildman–Crippen MR) is 65.9 cm³/mol. The number of aliphatic hydroxyl groups excluding tert-OH is 1. The Hall–Kier alpha value is -1.89. The molecule has 7 heteroatoms. The standard InChI is InChI=1S/C11H15FN4O2/c12-4-7(5-17)1-2-16-6-14-10-8(16)3-9(13)15-11(10)18/h3,6-7,17H,1-2,4-5H2,(H3,13,15,18)/i12-1. The van der Waals surface area contributed by atoms with E-state index in [4.69, 9.17) is 10.8 Å². The van der Waals surface area contributed by atoms with Crippen molar-refractivity contribution in [2.75, 3.05) is 19.0 Å². The molecule has 2 aromatic heterocycles. The Morgan fingerprint density at radius 3 is 3.06 bits per heavy atom. The number of anilines is 1. The minimum Gasteiger partial charge on any atom is -0.396 e. The summed E-state index contributed by atoms with van der Waals surface area (Å²) in [6.45, 7) is -0.272. The fourth-order valence-corrected chi connectivity index (χ4v) is 1.81. The summed E-state index contributed by atoms with van der Waals surface area (Å²) in [5.41, 5.74) is 6.15. The Bertz CT molecular complexity index is 588. The van der Waals surface area contributed by atoms with Gasteiger partial charge in [-0.3, -0.25) is 9.18 Å². The zero-order valence-corrected chi connectivity index (χ0v) is 9.77. The molecule has 1 atom stereocenters. The molecule has 0 aliphatic rings. The van der Waals surface area contributed by atoms with Gasteiger partial charge in [0.2, 0.25) is 0 Å². The van der Waals surface area contributed by atoms with Gasteiger partial charge >= 0.3 is 0 Å². The van der Waals surface area contributed by atoms with Crippen molar-refractivity contribution in [2.45, 2.75) is 13.0 Å². The van der Waals surface area contributed by atoms with Crippen molar-refractivity contribution in [3.8, 4) is 0 Å². The minimum absolute atomic E-state index is 0.189. The normalized spacial score (nSPS) is 13.0. The summed E-state index contributed by atoms with van der Waals surface area (Å²) in [4.78, 5) is 18.0. The van der Waals surface area contributed by atoms with Crippen LogP contribution in [0.15, 0.2) is 17.2 Å². The number of nitrogen functional groups attached to an aromatic ring is 1. The number of aromatic amines is 1. The van der Waals surface area contributed by atoms with Crippen molar-refractivity contribution in [1.29, 1.82) is 0 Å². The van der Waals surface area contributed by atoms with Gasteiger partial charge in [-0.05, 0) is 6.42 Å². The number of nitrogens with two attached hydrogens (primary N) is 1. The number of hydrogen-bond donors (Lipinski definition) is 3. The molecule has 6 nitrogen and oxygen atoms in total. The number of aromatic nitrogens is 3. The van der Waals surface area contributed by atoms with Crippen LogP contribution in [0.5, 0.6) is 0 Å². The van der Waals surface area contributed by atoms with Crippen LogP contribution in [0.2, 0.25) is 0 Å². The Morgan fingerprint density at radius 1 is 1.61 bits per heavy atom. The number of hydrogen-bond acceptors (Lipinski definition) is 4. The zero-order valence-electron chi connectivity index (χ0n) is 9.77.